The predicted octanol–water partition coefficient (Wildman–Crippen LogP) is 2.09. The van der Waals surface area contributed by atoms with Crippen LogP contribution >= 0.6 is 22.6 Å². The van der Waals surface area contributed by atoms with Crippen LogP contribution < -0.4 is 9.47 Å². The van der Waals surface area contributed by atoms with Crippen molar-refractivity contribution >= 4 is 22.6 Å². The minimum absolute atomic E-state index is 0.237. The summed E-state index contributed by atoms with van der Waals surface area (Å²) in [6, 6.07) is 1.04. The number of alkyl halides is 3. The molecule has 0 aliphatic heterocycles. The second-order valence-corrected chi connectivity index (χ2v) is 3.67. The van der Waals surface area contributed by atoms with Gasteiger partial charge in [0.2, 0.25) is 0 Å². The molecule has 16 heavy (non-hydrogen) atoms. The normalized spacial score (nSPS) is 11.4. The number of ether oxygens (including phenoxy) is 2. The molecular weight excluding hydrogens is 342 g/mol. The second-order valence-electron chi connectivity index (χ2n) is 2.65. The van der Waals surface area contributed by atoms with Crippen molar-refractivity contribution in [2.75, 3.05) is 7.11 Å². The summed E-state index contributed by atoms with van der Waals surface area (Å²) >= 11 is 1.78. The molecular formula is C8H7F3INO3. The van der Waals surface area contributed by atoms with Crippen LogP contribution in [-0.4, -0.2) is 23.6 Å². The number of methoxy groups -OCH3 is 1. The standard InChI is InChI=1S/C8H7F3INO3/c1-15-7-5(16-8(9,10)11)2-4(3-14)6(12)13-7/h2,14H,3H2,1H3. The van der Waals surface area contributed by atoms with Crippen LogP contribution in [0.15, 0.2) is 6.07 Å². The maximum atomic E-state index is 12.0. The maximum Gasteiger partial charge on any atom is 0.573 e. The zero-order valence-corrected chi connectivity index (χ0v) is 10.2. The van der Waals surface area contributed by atoms with Crippen molar-refractivity contribution in [3.8, 4) is 11.6 Å². The van der Waals surface area contributed by atoms with Gasteiger partial charge in [-0.1, -0.05) is 0 Å². The van der Waals surface area contributed by atoms with E-state index in [9.17, 15) is 13.2 Å². The Morgan fingerprint density at radius 2 is 2.12 bits per heavy atom. The van der Waals surface area contributed by atoms with Crippen molar-refractivity contribution in [1.29, 1.82) is 0 Å². The average molecular weight is 349 g/mol. The van der Waals surface area contributed by atoms with Gasteiger partial charge in [0.05, 0.1) is 13.7 Å². The van der Waals surface area contributed by atoms with E-state index in [1.807, 2.05) is 0 Å². The lowest BCUT2D eigenvalue weighted by Crippen LogP contribution is -2.18. The van der Waals surface area contributed by atoms with E-state index in [0.717, 1.165) is 6.07 Å². The van der Waals surface area contributed by atoms with E-state index in [4.69, 9.17) is 5.11 Å². The van der Waals surface area contributed by atoms with Gasteiger partial charge in [0, 0.05) is 5.56 Å². The monoisotopic (exact) mass is 349 g/mol. The molecule has 0 aliphatic rings. The molecule has 4 nitrogen and oxygen atoms in total. The molecule has 0 unspecified atom stereocenters. The van der Waals surface area contributed by atoms with Crippen LogP contribution in [0.4, 0.5) is 13.2 Å². The van der Waals surface area contributed by atoms with Crippen LogP contribution in [0.5, 0.6) is 11.6 Å². The molecule has 0 aliphatic carbocycles. The zero-order chi connectivity index (χ0) is 12.3. The highest BCUT2D eigenvalue weighted by Crippen LogP contribution is 2.32. The molecule has 90 valence electrons. The molecule has 0 aromatic carbocycles. The van der Waals surface area contributed by atoms with Gasteiger partial charge in [-0.25, -0.2) is 4.98 Å². The second kappa shape index (κ2) is 5.04. The Morgan fingerprint density at radius 3 is 2.56 bits per heavy atom. The van der Waals surface area contributed by atoms with Gasteiger partial charge in [-0.2, -0.15) is 0 Å². The lowest BCUT2D eigenvalue weighted by atomic mass is 10.3. The van der Waals surface area contributed by atoms with Gasteiger partial charge >= 0.3 is 6.36 Å². The summed E-state index contributed by atoms with van der Waals surface area (Å²) in [5.74, 6) is -0.849. The molecule has 0 fully saturated rings. The number of aromatic nitrogens is 1. The van der Waals surface area contributed by atoms with E-state index in [2.05, 4.69) is 14.5 Å². The Morgan fingerprint density at radius 1 is 1.50 bits per heavy atom. The summed E-state index contributed by atoms with van der Waals surface area (Å²) in [5.41, 5.74) is 0.237. The third-order valence-corrected chi connectivity index (χ3v) is 2.50. The molecule has 0 spiro atoms. The van der Waals surface area contributed by atoms with E-state index in [1.165, 1.54) is 7.11 Å². The summed E-state index contributed by atoms with van der Waals surface area (Å²) in [7, 11) is 1.18. The average Bonchev–Trinajstić information content (AvgIpc) is 2.18. The van der Waals surface area contributed by atoms with Gasteiger partial charge in [-0.15, -0.1) is 13.2 Å². The molecule has 1 heterocycles. The Kier molecular flexibility index (Phi) is 4.19. The van der Waals surface area contributed by atoms with E-state index in [-0.39, 0.29) is 11.4 Å². The number of aliphatic hydroxyl groups is 1. The molecule has 1 N–H and O–H groups in total. The summed E-state index contributed by atoms with van der Waals surface area (Å²) in [6.45, 7) is -0.427. The maximum absolute atomic E-state index is 12.0. The fourth-order valence-corrected chi connectivity index (χ4v) is 1.50. The Balaban J connectivity index is 3.15. The highest BCUT2D eigenvalue weighted by atomic mass is 127. The quantitative estimate of drug-likeness (QED) is 0.671. The van der Waals surface area contributed by atoms with Crippen molar-refractivity contribution in [2.24, 2.45) is 0 Å². The van der Waals surface area contributed by atoms with Gasteiger partial charge < -0.3 is 14.6 Å². The fourth-order valence-electron chi connectivity index (χ4n) is 0.951. The number of hydrogen-bond donors (Lipinski definition) is 1. The Labute approximate surface area is 103 Å². The predicted molar refractivity (Wildman–Crippen MR) is 56.1 cm³/mol. The summed E-state index contributed by atoms with van der Waals surface area (Å²) in [6.07, 6.45) is -4.82. The van der Waals surface area contributed by atoms with Crippen molar-refractivity contribution in [1.82, 2.24) is 4.98 Å². The molecule has 0 amide bonds. The largest absolute Gasteiger partial charge is 0.573 e. The summed E-state index contributed by atoms with van der Waals surface area (Å²) < 4.78 is 44.8. The molecule has 1 aromatic heterocycles. The van der Waals surface area contributed by atoms with E-state index >= 15 is 0 Å². The molecule has 0 saturated heterocycles. The molecule has 1 rings (SSSR count). The number of nitrogens with zero attached hydrogens (tertiary/aromatic N) is 1. The highest BCUT2D eigenvalue weighted by molar-refractivity contribution is 14.1. The van der Waals surface area contributed by atoms with Gasteiger partial charge in [0.25, 0.3) is 5.88 Å². The van der Waals surface area contributed by atoms with Crippen LogP contribution in [0.2, 0.25) is 0 Å². The van der Waals surface area contributed by atoms with Gasteiger partial charge in [0.15, 0.2) is 5.75 Å². The van der Waals surface area contributed by atoms with Crippen LogP contribution in [0, 0.1) is 3.70 Å². The SMILES string of the molecule is COc1nc(I)c(CO)cc1OC(F)(F)F. The fraction of sp³-hybridized carbons (Fsp3) is 0.375. The van der Waals surface area contributed by atoms with E-state index in [1.54, 1.807) is 22.6 Å². The minimum Gasteiger partial charge on any atom is -0.478 e. The minimum atomic E-state index is -4.82. The molecule has 0 bridgehead atoms. The third kappa shape index (κ3) is 3.37. The van der Waals surface area contributed by atoms with E-state index < -0.39 is 18.7 Å². The Bertz CT molecular complexity index is 384. The number of halogens is 4. The van der Waals surface area contributed by atoms with Gasteiger partial charge in [0.1, 0.15) is 3.70 Å². The van der Waals surface area contributed by atoms with Crippen molar-refractivity contribution < 1.29 is 27.8 Å². The first kappa shape index (κ1) is 13.3. The first-order chi connectivity index (χ1) is 7.37. The van der Waals surface area contributed by atoms with Crippen LogP contribution in [0.1, 0.15) is 5.56 Å². The summed E-state index contributed by atoms with van der Waals surface area (Å²) in [5, 5.41) is 8.88. The molecule has 0 atom stereocenters. The third-order valence-electron chi connectivity index (χ3n) is 1.57. The molecule has 1 aromatic rings. The highest BCUT2D eigenvalue weighted by Gasteiger charge is 2.33. The van der Waals surface area contributed by atoms with Gasteiger partial charge in [-0.05, 0) is 28.7 Å². The van der Waals surface area contributed by atoms with E-state index in [0.29, 0.717) is 3.70 Å². The lowest BCUT2D eigenvalue weighted by Gasteiger charge is -2.13. The van der Waals surface area contributed by atoms with Gasteiger partial charge in [-0.3, -0.25) is 0 Å². The lowest BCUT2D eigenvalue weighted by molar-refractivity contribution is -0.275. The molecule has 8 heteroatoms. The van der Waals surface area contributed by atoms with Crippen LogP contribution in [0.25, 0.3) is 0 Å². The van der Waals surface area contributed by atoms with Crippen LogP contribution in [0.3, 0.4) is 0 Å². The topological polar surface area (TPSA) is 51.6 Å². The molecule has 0 radical (unpaired) electrons. The van der Waals surface area contributed by atoms with Crippen LogP contribution in [-0.2, 0) is 6.61 Å². The summed E-state index contributed by atoms with van der Waals surface area (Å²) in [4.78, 5) is 3.73. The Hall–Kier alpha value is -0.770. The smallest absolute Gasteiger partial charge is 0.478 e. The number of pyridine rings is 1. The number of hydrogen-bond acceptors (Lipinski definition) is 4. The number of rotatable bonds is 3. The first-order valence-electron chi connectivity index (χ1n) is 3.97. The molecule has 0 saturated carbocycles. The first-order valence-corrected chi connectivity index (χ1v) is 5.05. The van der Waals surface area contributed by atoms with Crippen molar-refractivity contribution in [3.63, 3.8) is 0 Å². The van der Waals surface area contributed by atoms with Crippen molar-refractivity contribution in [3.05, 3.63) is 15.3 Å². The van der Waals surface area contributed by atoms with Crippen molar-refractivity contribution in [2.45, 2.75) is 13.0 Å². The number of aliphatic hydroxyl groups excluding tert-OH is 1. The zero-order valence-electron chi connectivity index (χ0n) is 8.01.